The number of anilines is 7. The first-order chi connectivity index (χ1) is 44.6. The summed E-state index contributed by atoms with van der Waals surface area (Å²) in [6.07, 6.45) is -9.08. The van der Waals surface area contributed by atoms with E-state index in [1.54, 1.807) is 0 Å². The number of benzene rings is 7. The summed E-state index contributed by atoms with van der Waals surface area (Å²) in [6, 6.07) is 28.4. The summed E-state index contributed by atoms with van der Waals surface area (Å²) in [5.74, 6) is -4.80. The molecule has 0 radical (unpaired) electrons. The third-order valence-corrected chi connectivity index (χ3v) is 16.7. The molecule has 0 fully saturated rings. The van der Waals surface area contributed by atoms with Crippen LogP contribution in [0.3, 0.4) is 0 Å². The first-order valence-corrected chi connectivity index (χ1v) is 32.5. The fraction of sp³-hybridized carbons (Fsp3) is 0.273. The number of unbranched alkanes of at least 4 members (excludes halogenated alkanes) is 4. The fourth-order valence-corrected chi connectivity index (χ4v) is 11.5. The average Bonchev–Trinajstić information content (AvgIpc) is 0.861. The number of aryl methyl sites for hydroxylation is 2. The quantitative estimate of drug-likeness (QED) is 0.0196. The number of hydrogen-bond donors (Lipinski definition) is 8. The molecule has 0 heterocycles. The smallest absolute Gasteiger partial charge is 0.383 e. The van der Waals surface area contributed by atoms with Gasteiger partial charge in [0.2, 0.25) is 11.8 Å². The molecule has 0 aliphatic carbocycles. The van der Waals surface area contributed by atoms with Gasteiger partial charge in [-0.15, -0.1) is 0 Å². The van der Waals surface area contributed by atoms with E-state index in [1.807, 2.05) is 30.2 Å². The molecule has 7 aromatic rings. The molecule has 7 aromatic carbocycles. The second kappa shape index (κ2) is 32.4. The number of amides is 6. The lowest BCUT2D eigenvalue weighted by Crippen LogP contribution is -2.31. The number of carbonyl (C=O) groups is 6. The number of para-hydroxylation sites is 2. The Bertz CT molecular complexity index is 4190. The Kier molecular flexibility index (Phi) is 25.3. The maximum Gasteiger partial charge on any atom is 0.416 e. The van der Waals surface area contributed by atoms with Crippen LogP contribution in [0.4, 0.5) is 79.3 Å². The zero-order valence-corrected chi connectivity index (χ0v) is 53.4. The molecule has 18 nitrogen and oxygen atoms in total. The van der Waals surface area contributed by atoms with Gasteiger partial charge in [0.15, 0.2) is 0 Å². The van der Waals surface area contributed by atoms with Crippen molar-refractivity contribution in [3.05, 3.63) is 196 Å². The molecule has 0 aromatic heterocycles. The van der Waals surface area contributed by atoms with E-state index in [4.69, 9.17) is 0 Å². The molecule has 0 saturated carbocycles. The number of hydrogen-bond acceptors (Lipinski definition) is 12. The molecular weight excluding hydrogens is 1300 g/mol. The number of alkyl halides is 9. The molecule has 0 unspecified atom stereocenters. The highest BCUT2D eigenvalue weighted by molar-refractivity contribution is 7.90. The summed E-state index contributed by atoms with van der Waals surface area (Å²) < 4.78 is 176. The Hall–Kier alpha value is -9.77. The van der Waals surface area contributed by atoms with Gasteiger partial charge >= 0.3 is 18.5 Å². The van der Waals surface area contributed by atoms with Crippen LogP contribution in [0.15, 0.2) is 155 Å². The van der Waals surface area contributed by atoms with Gasteiger partial charge in [-0.25, -0.2) is 26.3 Å². The predicted molar refractivity (Wildman–Crippen MR) is 342 cm³/mol. The number of nitrogens with one attached hydrogen (secondary N) is 8. The standard InChI is InChI=1S/C35H32F6N4O5S.C31H35F3N4O5S/c1-3-4-5-10-31(46)45-51(49,50)30-9-7-6-8-28(30)43-32(47)22-11-16-27(42-26-14-12-24(13-15-26)34(36,37)38)29(20-22)44-33(48)23-17-21(2)18-25(19-23)35(39,40)41;1-4-6-7-12-28(39)38-44(42,43)27-11-9-8-10-25(27)36-29(40)21-13-14-24(35-15-5-2)26(19-21)37-30(41)22-16-20(3)17-23(18-22)31(32,33)34/h6-9,11-20,42H,3-5,10H2,1-2H3,(H,43,47)(H,44,48)(H,45,46);8-11,13-14,16-19,35H,4-7,12,15H2,1-3H3,(H,36,40)(H,37,41)(H,38,39). The Morgan fingerprint density at radius 2 is 0.758 bits per heavy atom. The van der Waals surface area contributed by atoms with Crippen molar-refractivity contribution >= 4 is 95.3 Å². The number of carbonyl (C=O) groups excluding carboxylic acids is 6. The van der Waals surface area contributed by atoms with Crippen LogP contribution in [0.25, 0.3) is 0 Å². The van der Waals surface area contributed by atoms with Crippen LogP contribution in [0.1, 0.15) is 148 Å². The lowest BCUT2D eigenvalue weighted by atomic mass is 10.0. The van der Waals surface area contributed by atoms with Crippen molar-refractivity contribution in [1.29, 1.82) is 0 Å². The maximum absolute atomic E-state index is 13.5. The zero-order valence-electron chi connectivity index (χ0n) is 51.7. The van der Waals surface area contributed by atoms with E-state index in [0.29, 0.717) is 31.1 Å². The minimum Gasteiger partial charge on any atom is -0.383 e. The summed E-state index contributed by atoms with van der Waals surface area (Å²) in [4.78, 5) is 76.8. The lowest BCUT2D eigenvalue weighted by molar-refractivity contribution is -0.138. The van der Waals surface area contributed by atoms with Gasteiger partial charge in [0.25, 0.3) is 43.7 Å². The van der Waals surface area contributed by atoms with Crippen molar-refractivity contribution in [3.8, 4) is 0 Å². The molecule has 506 valence electrons. The minimum atomic E-state index is -4.75. The lowest BCUT2D eigenvalue weighted by Gasteiger charge is -2.17. The first-order valence-electron chi connectivity index (χ1n) is 29.5. The van der Waals surface area contributed by atoms with E-state index >= 15 is 0 Å². The van der Waals surface area contributed by atoms with Crippen molar-refractivity contribution in [1.82, 2.24) is 9.44 Å². The Morgan fingerprint density at radius 1 is 0.379 bits per heavy atom. The highest BCUT2D eigenvalue weighted by Crippen LogP contribution is 2.36. The Balaban J connectivity index is 0.000000304. The molecule has 0 aliphatic heterocycles. The zero-order chi connectivity index (χ0) is 70.1. The highest BCUT2D eigenvalue weighted by atomic mass is 32.2. The monoisotopic (exact) mass is 1370 g/mol. The minimum absolute atomic E-state index is 0.0248. The van der Waals surface area contributed by atoms with Gasteiger partial charge in [-0.3, -0.25) is 28.8 Å². The van der Waals surface area contributed by atoms with Crippen LogP contribution < -0.4 is 41.3 Å². The van der Waals surface area contributed by atoms with Gasteiger partial charge in [0.1, 0.15) is 9.79 Å². The van der Waals surface area contributed by atoms with Crippen LogP contribution in [-0.2, 0) is 48.2 Å². The van der Waals surface area contributed by atoms with E-state index in [2.05, 4.69) is 31.9 Å². The van der Waals surface area contributed by atoms with Gasteiger partial charge in [0, 0.05) is 47.3 Å². The SMILES string of the molecule is CCCCCC(=O)NS(=O)(=O)c1ccccc1NC(=O)c1ccc(NCCC)c(NC(=O)c2cc(C)cc(C(F)(F)F)c2)c1.CCCCCC(=O)NS(=O)(=O)c1ccccc1NC(=O)c1ccc(Nc2ccc(C(F)(F)F)cc2)c(NC(=O)c2cc(C)cc(C(F)(F)F)c2)c1. The molecule has 7 rings (SSSR count). The Morgan fingerprint density at radius 3 is 1.16 bits per heavy atom. The summed E-state index contributed by atoms with van der Waals surface area (Å²) in [7, 11) is -8.72. The van der Waals surface area contributed by atoms with Crippen molar-refractivity contribution < 1.29 is 85.1 Å². The van der Waals surface area contributed by atoms with E-state index in [0.717, 1.165) is 80.6 Å². The normalized spacial score (nSPS) is 11.7. The van der Waals surface area contributed by atoms with Crippen molar-refractivity contribution in [3.63, 3.8) is 0 Å². The van der Waals surface area contributed by atoms with E-state index in [1.165, 1.54) is 105 Å². The molecule has 0 saturated heterocycles. The highest BCUT2D eigenvalue weighted by Gasteiger charge is 2.34. The Labute approximate surface area is 542 Å². The van der Waals surface area contributed by atoms with E-state index in [9.17, 15) is 85.1 Å². The summed E-state index contributed by atoms with van der Waals surface area (Å²) in [5, 5.41) is 16.0. The molecule has 29 heteroatoms. The van der Waals surface area contributed by atoms with Gasteiger partial charge < -0.3 is 31.9 Å². The van der Waals surface area contributed by atoms with Gasteiger partial charge in [-0.1, -0.05) is 70.7 Å². The molecular formula is C66H67F9N8O10S2. The average molecular weight is 1370 g/mol. The van der Waals surface area contributed by atoms with Crippen molar-refractivity contribution in [2.75, 3.05) is 38.4 Å². The summed E-state index contributed by atoms with van der Waals surface area (Å²) in [5.41, 5.74) is -2.96. The second-order valence-corrected chi connectivity index (χ2v) is 24.9. The maximum atomic E-state index is 13.5. The number of rotatable bonds is 25. The number of halogens is 9. The van der Waals surface area contributed by atoms with E-state index in [-0.39, 0.29) is 85.2 Å². The van der Waals surface area contributed by atoms with Gasteiger partial charge in [0.05, 0.1) is 50.8 Å². The molecule has 95 heavy (non-hydrogen) atoms. The summed E-state index contributed by atoms with van der Waals surface area (Å²) >= 11 is 0. The predicted octanol–water partition coefficient (Wildman–Crippen LogP) is 15.4. The van der Waals surface area contributed by atoms with E-state index < -0.39 is 95.6 Å². The van der Waals surface area contributed by atoms with Gasteiger partial charge in [-0.2, -0.15) is 39.5 Å². The third kappa shape index (κ3) is 21.6. The molecule has 8 N–H and O–H groups in total. The first kappa shape index (κ1) is 74.3. The van der Waals surface area contributed by atoms with Crippen LogP contribution in [0.2, 0.25) is 0 Å². The molecule has 0 spiro atoms. The third-order valence-electron chi connectivity index (χ3n) is 13.8. The molecule has 0 atom stereocenters. The molecule has 0 aliphatic rings. The van der Waals surface area contributed by atoms with Gasteiger partial charge in [-0.05, 0) is 166 Å². The second-order valence-electron chi connectivity index (χ2n) is 21.6. The van der Waals surface area contributed by atoms with Crippen molar-refractivity contribution in [2.45, 2.75) is 121 Å². The summed E-state index contributed by atoms with van der Waals surface area (Å²) in [6.45, 7) is 9.11. The fourth-order valence-electron chi connectivity index (χ4n) is 9.12. The van der Waals surface area contributed by atoms with Crippen molar-refractivity contribution in [2.24, 2.45) is 0 Å². The largest absolute Gasteiger partial charge is 0.416 e. The van der Waals surface area contributed by atoms with Crippen LogP contribution in [0, 0.1) is 13.8 Å². The van der Waals surface area contributed by atoms with Crippen LogP contribution >= 0.6 is 0 Å². The molecule has 6 amide bonds. The number of sulfonamides is 2. The molecule has 0 bridgehead atoms. The van der Waals surface area contributed by atoms with Crippen LogP contribution in [-0.4, -0.2) is 58.8 Å². The topological polar surface area (TPSA) is 267 Å². The van der Waals surface area contributed by atoms with Crippen LogP contribution in [0.5, 0.6) is 0 Å².